The van der Waals surface area contributed by atoms with Crippen molar-refractivity contribution in [1.29, 1.82) is 0 Å². The van der Waals surface area contributed by atoms with Gasteiger partial charge in [0.1, 0.15) is 5.82 Å². The normalized spacial score (nSPS) is 19.4. The number of hydrogen-bond donors (Lipinski definition) is 1. The Kier molecular flexibility index (Phi) is 3.57. The van der Waals surface area contributed by atoms with Gasteiger partial charge in [-0.2, -0.15) is 0 Å². The summed E-state index contributed by atoms with van der Waals surface area (Å²) >= 11 is 3.41. The molecule has 1 aliphatic rings. The molecule has 1 aliphatic heterocycles. The molecule has 17 heavy (non-hydrogen) atoms. The van der Waals surface area contributed by atoms with Crippen molar-refractivity contribution in [3.8, 4) is 0 Å². The molecule has 0 spiro atoms. The van der Waals surface area contributed by atoms with Gasteiger partial charge < -0.3 is 5.11 Å². The van der Waals surface area contributed by atoms with Crippen LogP contribution in [0.3, 0.4) is 0 Å². The van der Waals surface area contributed by atoms with Crippen LogP contribution in [0, 0.1) is 11.7 Å². The topological polar surface area (TPSA) is 23.5 Å². The molecular formula is C13H17BrFNO. The molecular weight excluding hydrogens is 285 g/mol. The number of halogens is 2. The zero-order chi connectivity index (χ0) is 12.6. The predicted molar refractivity (Wildman–Crippen MR) is 69.2 cm³/mol. The summed E-state index contributed by atoms with van der Waals surface area (Å²) in [6.07, 6.45) is 0. The Morgan fingerprint density at radius 3 is 2.71 bits per heavy atom. The van der Waals surface area contributed by atoms with Gasteiger partial charge in [0.15, 0.2) is 0 Å². The summed E-state index contributed by atoms with van der Waals surface area (Å²) in [5.41, 5.74) is 0.357. The van der Waals surface area contributed by atoms with Gasteiger partial charge in [-0.1, -0.05) is 29.8 Å². The van der Waals surface area contributed by atoms with Crippen molar-refractivity contribution in [3.63, 3.8) is 0 Å². The molecule has 2 nitrogen and oxygen atoms in total. The molecule has 0 amide bonds. The van der Waals surface area contributed by atoms with Gasteiger partial charge in [-0.15, -0.1) is 0 Å². The highest BCUT2D eigenvalue weighted by Crippen LogP contribution is 2.31. The lowest BCUT2D eigenvalue weighted by atomic mass is 9.83. The van der Waals surface area contributed by atoms with Crippen LogP contribution in [0.1, 0.15) is 19.4 Å². The van der Waals surface area contributed by atoms with Crippen LogP contribution in [0.25, 0.3) is 0 Å². The summed E-state index contributed by atoms with van der Waals surface area (Å²) in [4.78, 5) is 2.12. The third kappa shape index (κ3) is 2.69. The maximum Gasteiger partial charge on any atom is 0.123 e. The summed E-state index contributed by atoms with van der Waals surface area (Å²) in [7, 11) is 0. The first-order valence-corrected chi connectivity index (χ1v) is 6.59. The summed E-state index contributed by atoms with van der Waals surface area (Å²) in [5.74, 6) is 0.0394. The van der Waals surface area contributed by atoms with Crippen LogP contribution >= 0.6 is 15.9 Å². The minimum Gasteiger partial charge on any atom is -0.387 e. The molecule has 1 aromatic rings. The van der Waals surface area contributed by atoms with E-state index in [4.69, 9.17) is 0 Å². The Labute approximate surface area is 110 Å². The van der Waals surface area contributed by atoms with Crippen molar-refractivity contribution in [2.75, 3.05) is 13.1 Å². The van der Waals surface area contributed by atoms with Crippen LogP contribution in [0.5, 0.6) is 0 Å². The van der Waals surface area contributed by atoms with Crippen LogP contribution in [0.4, 0.5) is 4.39 Å². The lowest BCUT2D eigenvalue weighted by Gasteiger charge is -2.49. The lowest BCUT2D eigenvalue weighted by molar-refractivity contribution is -0.130. The standard InChI is InChI=1S/C13H17BrFNO/c1-9(2)13(17)7-16(8-13)6-10-5-11(15)3-4-12(10)14/h3-5,9,17H,6-8H2,1-2H3. The third-order valence-corrected chi connectivity index (χ3v) is 4.24. The van der Waals surface area contributed by atoms with E-state index in [2.05, 4.69) is 20.8 Å². The largest absolute Gasteiger partial charge is 0.387 e. The maximum absolute atomic E-state index is 13.1. The molecule has 1 fully saturated rings. The number of rotatable bonds is 3. The van der Waals surface area contributed by atoms with Crippen LogP contribution in [0.15, 0.2) is 22.7 Å². The van der Waals surface area contributed by atoms with Gasteiger partial charge >= 0.3 is 0 Å². The fourth-order valence-electron chi connectivity index (χ4n) is 2.11. The Balaban J connectivity index is 1.98. The van der Waals surface area contributed by atoms with Gasteiger partial charge in [0.25, 0.3) is 0 Å². The number of β-amino-alcohol motifs (C(OH)–C–C–N with tert-alkyl or cyclic N) is 1. The van der Waals surface area contributed by atoms with E-state index in [1.165, 1.54) is 12.1 Å². The first kappa shape index (κ1) is 13.0. The average molecular weight is 302 g/mol. The molecule has 94 valence electrons. The van der Waals surface area contributed by atoms with Crippen molar-refractivity contribution in [3.05, 3.63) is 34.1 Å². The summed E-state index contributed by atoms with van der Waals surface area (Å²) in [5, 5.41) is 10.1. The monoisotopic (exact) mass is 301 g/mol. The second kappa shape index (κ2) is 4.67. The van der Waals surface area contributed by atoms with Crippen LogP contribution < -0.4 is 0 Å². The van der Waals surface area contributed by atoms with E-state index in [0.717, 1.165) is 10.0 Å². The number of benzene rings is 1. The number of aliphatic hydroxyl groups is 1. The molecule has 1 aromatic carbocycles. The molecule has 1 heterocycles. The Morgan fingerprint density at radius 1 is 1.47 bits per heavy atom. The van der Waals surface area contributed by atoms with Crippen molar-refractivity contribution < 1.29 is 9.50 Å². The molecule has 1 N–H and O–H groups in total. The van der Waals surface area contributed by atoms with Gasteiger partial charge in [0.05, 0.1) is 5.60 Å². The van der Waals surface area contributed by atoms with Crippen LogP contribution in [-0.4, -0.2) is 28.7 Å². The predicted octanol–water partition coefficient (Wildman–Crippen LogP) is 2.79. The average Bonchev–Trinajstić information content (AvgIpc) is 2.20. The fraction of sp³-hybridized carbons (Fsp3) is 0.538. The molecule has 0 saturated carbocycles. The molecule has 0 bridgehead atoms. The van der Waals surface area contributed by atoms with E-state index in [0.29, 0.717) is 19.6 Å². The van der Waals surface area contributed by atoms with E-state index < -0.39 is 5.60 Å². The van der Waals surface area contributed by atoms with Crippen LogP contribution in [-0.2, 0) is 6.54 Å². The van der Waals surface area contributed by atoms with Gasteiger partial charge in [-0.25, -0.2) is 4.39 Å². The summed E-state index contributed by atoms with van der Waals surface area (Å²) in [6.45, 7) is 6.04. The molecule has 0 atom stereocenters. The minimum atomic E-state index is -0.570. The molecule has 0 unspecified atom stereocenters. The second-order valence-corrected chi connectivity index (χ2v) is 5.99. The van der Waals surface area contributed by atoms with E-state index in [1.54, 1.807) is 6.07 Å². The third-order valence-electron chi connectivity index (χ3n) is 3.47. The lowest BCUT2D eigenvalue weighted by Crippen LogP contribution is -2.63. The minimum absolute atomic E-state index is 0.220. The Hall–Kier alpha value is -0.450. The molecule has 0 aromatic heterocycles. The van der Waals surface area contributed by atoms with Crippen molar-refractivity contribution in [2.45, 2.75) is 26.0 Å². The molecule has 0 radical (unpaired) electrons. The van der Waals surface area contributed by atoms with Crippen LogP contribution in [0.2, 0.25) is 0 Å². The van der Waals surface area contributed by atoms with E-state index in [9.17, 15) is 9.50 Å². The number of likely N-dealkylation sites (tertiary alicyclic amines) is 1. The molecule has 1 saturated heterocycles. The van der Waals surface area contributed by atoms with Crippen molar-refractivity contribution >= 4 is 15.9 Å². The molecule has 4 heteroatoms. The van der Waals surface area contributed by atoms with E-state index in [1.807, 2.05) is 13.8 Å². The van der Waals surface area contributed by atoms with Gasteiger partial charge in [0.2, 0.25) is 0 Å². The quantitative estimate of drug-likeness (QED) is 0.928. The smallest absolute Gasteiger partial charge is 0.123 e. The first-order valence-electron chi connectivity index (χ1n) is 5.79. The van der Waals surface area contributed by atoms with Crippen molar-refractivity contribution in [2.24, 2.45) is 5.92 Å². The zero-order valence-electron chi connectivity index (χ0n) is 10.1. The van der Waals surface area contributed by atoms with Crippen molar-refractivity contribution in [1.82, 2.24) is 4.90 Å². The highest BCUT2D eigenvalue weighted by atomic mass is 79.9. The van der Waals surface area contributed by atoms with Gasteiger partial charge in [-0.3, -0.25) is 4.90 Å². The SMILES string of the molecule is CC(C)C1(O)CN(Cc2cc(F)ccc2Br)C1. The summed E-state index contributed by atoms with van der Waals surface area (Å²) in [6, 6.07) is 4.70. The zero-order valence-corrected chi connectivity index (χ0v) is 11.7. The maximum atomic E-state index is 13.1. The summed E-state index contributed by atoms with van der Waals surface area (Å²) < 4.78 is 14.0. The van der Waals surface area contributed by atoms with Gasteiger partial charge in [-0.05, 0) is 29.7 Å². The highest BCUT2D eigenvalue weighted by Gasteiger charge is 2.43. The highest BCUT2D eigenvalue weighted by molar-refractivity contribution is 9.10. The Bertz CT molecular complexity index is 416. The number of nitrogens with zero attached hydrogens (tertiary/aromatic N) is 1. The fourth-order valence-corrected chi connectivity index (χ4v) is 2.48. The molecule has 0 aliphatic carbocycles. The molecule has 2 rings (SSSR count). The second-order valence-electron chi connectivity index (χ2n) is 5.14. The number of hydrogen-bond acceptors (Lipinski definition) is 2. The Morgan fingerprint density at radius 2 is 2.12 bits per heavy atom. The van der Waals surface area contributed by atoms with Gasteiger partial charge in [0, 0.05) is 24.1 Å². The van der Waals surface area contributed by atoms with E-state index in [-0.39, 0.29) is 11.7 Å². The first-order chi connectivity index (χ1) is 7.90. The van der Waals surface area contributed by atoms with E-state index >= 15 is 0 Å².